The summed E-state index contributed by atoms with van der Waals surface area (Å²) < 4.78 is 0. The van der Waals surface area contributed by atoms with Gasteiger partial charge in [-0.1, -0.05) is 6.92 Å². The topological polar surface area (TPSA) is 59.2 Å². The maximum Gasteiger partial charge on any atom is 0.273 e. The van der Waals surface area contributed by atoms with Crippen molar-refractivity contribution < 1.29 is 4.79 Å². The van der Waals surface area contributed by atoms with Crippen molar-refractivity contribution in [3.8, 4) is 0 Å². The number of amides is 1. The monoisotopic (exact) mass is 241 g/mol. The fraction of sp³-hybridized carbons (Fsp3) is 0.636. The van der Waals surface area contributed by atoms with Gasteiger partial charge in [0.25, 0.3) is 5.91 Å². The number of rotatable bonds is 5. The molecule has 1 atom stereocenters. The van der Waals surface area contributed by atoms with Crippen LogP contribution in [0.2, 0.25) is 0 Å². The minimum Gasteiger partial charge on any atom is -0.338 e. The highest BCUT2D eigenvalue weighted by atomic mass is 32.1. The summed E-state index contributed by atoms with van der Waals surface area (Å²) in [6.07, 6.45) is 0.962. The lowest BCUT2D eigenvalue weighted by atomic mass is 10.3. The molecular formula is C11H19N3OS. The van der Waals surface area contributed by atoms with Crippen LogP contribution in [0, 0.1) is 0 Å². The summed E-state index contributed by atoms with van der Waals surface area (Å²) in [5.41, 5.74) is 6.24. The van der Waals surface area contributed by atoms with Crippen LogP contribution in [-0.4, -0.2) is 28.9 Å². The second-order valence-electron chi connectivity index (χ2n) is 3.74. The summed E-state index contributed by atoms with van der Waals surface area (Å²) in [5, 5.41) is 2.61. The first-order chi connectivity index (χ1) is 7.60. The van der Waals surface area contributed by atoms with Crippen LogP contribution in [0.4, 0.5) is 0 Å². The van der Waals surface area contributed by atoms with Crippen molar-refractivity contribution in [2.75, 3.05) is 13.1 Å². The Morgan fingerprint density at radius 1 is 1.62 bits per heavy atom. The molecule has 4 nitrogen and oxygen atoms in total. The largest absolute Gasteiger partial charge is 0.338 e. The van der Waals surface area contributed by atoms with Crippen LogP contribution in [-0.2, 0) is 0 Å². The van der Waals surface area contributed by atoms with Crippen molar-refractivity contribution in [3.63, 3.8) is 0 Å². The zero-order valence-electron chi connectivity index (χ0n) is 10.1. The van der Waals surface area contributed by atoms with E-state index in [1.54, 1.807) is 10.3 Å². The fourth-order valence-corrected chi connectivity index (χ4v) is 2.18. The number of nitrogens with two attached hydrogens (primary N) is 1. The SMILES string of the molecule is CCCN(CC)C(=O)c1csc(C(C)N)n1. The number of carbonyl (C=O) groups is 1. The van der Waals surface area contributed by atoms with Gasteiger partial charge < -0.3 is 10.6 Å². The average Bonchev–Trinajstić information content (AvgIpc) is 2.74. The van der Waals surface area contributed by atoms with E-state index in [1.807, 2.05) is 13.8 Å². The Labute approximate surface area is 100 Å². The minimum atomic E-state index is -0.104. The van der Waals surface area contributed by atoms with E-state index in [4.69, 9.17) is 5.73 Å². The van der Waals surface area contributed by atoms with Gasteiger partial charge in [-0.2, -0.15) is 0 Å². The molecule has 0 aliphatic rings. The Bertz CT molecular complexity index is 349. The minimum absolute atomic E-state index is 0.00694. The zero-order chi connectivity index (χ0) is 12.1. The van der Waals surface area contributed by atoms with Gasteiger partial charge in [0.1, 0.15) is 10.7 Å². The molecule has 90 valence electrons. The van der Waals surface area contributed by atoms with Crippen molar-refractivity contribution in [2.45, 2.75) is 33.2 Å². The molecule has 0 bridgehead atoms. The van der Waals surface area contributed by atoms with Crippen LogP contribution in [0.15, 0.2) is 5.38 Å². The van der Waals surface area contributed by atoms with Crippen molar-refractivity contribution in [2.24, 2.45) is 5.73 Å². The van der Waals surface area contributed by atoms with Gasteiger partial charge in [-0.15, -0.1) is 11.3 Å². The molecule has 2 N–H and O–H groups in total. The molecule has 0 aliphatic carbocycles. The van der Waals surface area contributed by atoms with Gasteiger partial charge in [-0.05, 0) is 20.3 Å². The normalized spacial score (nSPS) is 12.5. The fourth-order valence-electron chi connectivity index (χ4n) is 1.43. The lowest BCUT2D eigenvalue weighted by Gasteiger charge is -2.18. The first-order valence-corrected chi connectivity index (χ1v) is 6.48. The third kappa shape index (κ3) is 3.02. The van der Waals surface area contributed by atoms with Gasteiger partial charge in [0.05, 0.1) is 6.04 Å². The predicted octanol–water partition coefficient (Wildman–Crippen LogP) is 2.03. The molecule has 0 radical (unpaired) electrons. The molecule has 0 fully saturated rings. The van der Waals surface area contributed by atoms with Crippen molar-refractivity contribution in [1.29, 1.82) is 0 Å². The third-order valence-corrected chi connectivity index (χ3v) is 3.34. The number of carbonyl (C=O) groups excluding carboxylic acids is 1. The van der Waals surface area contributed by atoms with Crippen LogP contribution >= 0.6 is 11.3 Å². The molecule has 0 saturated heterocycles. The maximum absolute atomic E-state index is 12.0. The highest BCUT2D eigenvalue weighted by Gasteiger charge is 2.17. The van der Waals surface area contributed by atoms with Gasteiger partial charge >= 0.3 is 0 Å². The van der Waals surface area contributed by atoms with E-state index in [9.17, 15) is 4.79 Å². The molecular weight excluding hydrogens is 222 g/mol. The summed E-state index contributed by atoms with van der Waals surface area (Å²) in [5.74, 6) is 0.00694. The van der Waals surface area contributed by atoms with E-state index in [0.717, 1.165) is 24.5 Å². The van der Waals surface area contributed by atoms with E-state index in [-0.39, 0.29) is 11.9 Å². The molecule has 16 heavy (non-hydrogen) atoms. The summed E-state index contributed by atoms with van der Waals surface area (Å²) in [6.45, 7) is 7.41. The van der Waals surface area contributed by atoms with Gasteiger partial charge in [0, 0.05) is 18.5 Å². The number of thiazole rings is 1. The number of hydrogen-bond acceptors (Lipinski definition) is 4. The van der Waals surface area contributed by atoms with E-state index in [2.05, 4.69) is 11.9 Å². The molecule has 0 aliphatic heterocycles. The number of aromatic nitrogens is 1. The third-order valence-electron chi connectivity index (χ3n) is 2.29. The summed E-state index contributed by atoms with van der Waals surface area (Å²) >= 11 is 1.45. The first-order valence-electron chi connectivity index (χ1n) is 5.60. The second-order valence-corrected chi connectivity index (χ2v) is 4.63. The molecule has 1 rings (SSSR count). The lowest BCUT2D eigenvalue weighted by molar-refractivity contribution is 0.0759. The van der Waals surface area contributed by atoms with E-state index < -0.39 is 0 Å². The Hall–Kier alpha value is -0.940. The Morgan fingerprint density at radius 3 is 2.75 bits per heavy atom. The molecule has 1 heterocycles. The maximum atomic E-state index is 12.0. The van der Waals surface area contributed by atoms with E-state index >= 15 is 0 Å². The Kier molecular flexibility index (Phi) is 4.89. The van der Waals surface area contributed by atoms with Crippen molar-refractivity contribution in [1.82, 2.24) is 9.88 Å². The Balaban J connectivity index is 2.78. The zero-order valence-corrected chi connectivity index (χ0v) is 10.9. The molecule has 0 spiro atoms. The number of hydrogen-bond donors (Lipinski definition) is 1. The van der Waals surface area contributed by atoms with Crippen LogP contribution in [0.1, 0.15) is 48.7 Å². The van der Waals surface area contributed by atoms with Crippen LogP contribution in [0.3, 0.4) is 0 Å². The standard InChI is InChI=1S/C11H19N3OS/c1-4-6-14(5-2)11(15)9-7-16-10(13-9)8(3)12/h7-8H,4-6,12H2,1-3H3. The van der Waals surface area contributed by atoms with Gasteiger partial charge in [-0.25, -0.2) is 4.98 Å². The highest BCUT2D eigenvalue weighted by Crippen LogP contribution is 2.17. The van der Waals surface area contributed by atoms with Crippen LogP contribution < -0.4 is 5.73 Å². The molecule has 1 aromatic rings. The molecule has 5 heteroatoms. The van der Waals surface area contributed by atoms with Crippen molar-refractivity contribution in [3.05, 3.63) is 16.1 Å². The quantitative estimate of drug-likeness (QED) is 0.858. The predicted molar refractivity (Wildman–Crippen MR) is 66.6 cm³/mol. The van der Waals surface area contributed by atoms with E-state index in [1.165, 1.54) is 11.3 Å². The molecule has 0 saturated carbocycles. The Morgan fingerprint density at radius 2 is 2.31 bits per heavy atom. The lowest BCUT2D eigenvalue weighted by Crippen LogP contribution is -2.31. The van der Waals surface area contributed by atoms with Gasteiger partial charge in [0.15, 0.2) is 0 Å². The smallest absolute Gasteiger partial charge is 0.273 e. The van der Waals surface area contributed by atoms with E-state index in [0.29, 0.717) is 5.69 Å². The molecule has 1 amide bonds. The number of nitrogens with zero attached hydrogens (tertiary/aromatic N) is 2. The van der Waals surface area contributed by atoms with Gasteiger partial charge in [-0.3, -0.25) is 4.79 Å². The van der Waals surface area contributed by atoms with Crippen molar-refractivity contribution >= 4 is 17.2 Å². The summed E-state index contributed by atoms with van der Waals surface area (Å²) in [4.78, 5) is 18.1. The summed E-state index contributed by atoms with van der Waals surface area (Å²) in [7, 11) is 0. The first kappa shape index (κ1) is 13.1. The second kappa shape index (κ2) is 5.96. The van der Waals surface area contributed by atoms with Crippen LogP contribution in [0.25, 0.3) is 0 Å². The summed E-state index contributed by atoms with van der Waals surface area (Å²) in [6, 6.07) is -0.104. The molecule has 0 aromatic carbocycles. The molecule has 1 unspecified atom stereocenters. The molecule has 1 aromatic heterocycles. The van der Waals surface area contributed by atoms with Gasteiger partial charge in [0.2, 0.25) is 0 Å². The van der Waals surface area contributed by atoms with Crippen LogP contribution in [0.5, 0.6) is 0 Å². The average molecular weight is 241 g/mol. The highest BCUT2D eigenvalue weighted by molar-refractivity contribution is 7.09.